The predicted octanol–water partition coefficient (Wildman–Crippen LogP) is 3.02. The number of piperazine rings is 1. The summed E-state index contributed by atoms with van der Waals surface area (Å²) in [6, 6.07) is 11.6. The average molecular weight is 553 g/mol. The van der Waals surface area contributed by atoms with Gasteiger partial charge in [0, 0.05) is 38.0 Å². The Hall–Kier alpha value is -3.63. The van der Waals surface area contributed by atoms with Crippen molar-refractivity contribution in [3.8, 4) is 0 Å². The summed E-state index contributed by atoms with van der Waals surface area (Å²) in [6.45, 7) is 7.38. The van der Waals surface area contributed by atoms with Crippen LogP contribution >= 0.6 is 0 Å². The number of unbranched alkanes of at least 4 members (excludes halogenated alkanes) is 2. The molecule has 1 aromatic heterocycles. The number of nitrogens with two attached hydrogens (primary N) is 1. The van der Waals surface area contributed by atoms with Crippen molar-refractivity contribution in [2.75, 3.05) is 52.9 Å². The summed E-state index contributed by atoms with van der Waals surface area (Å²) >= 11 is 0. The summed E-state index contributed by atoms with van der Waals surface area (Å²) in [5, 5.41) is 7.94. The van der Waals surface area contributed by atoms with E-state index in [0.29, 0.717) is 62.3 Å². The lowest BCUT2D eigenvalue weighted by Crippen LogP contribution is -2.52. The Kier molecular flexibility index (Phi) is 11.8. The van der Waals surface area contributed by atoms with Crippen LogP contribution in [0.25, 0.3) is 10.8 Å². The second kappa shape index (κ2) is 15.2. The van der Waals surface area contributed by atoms with E-state index in [1.165, 1.54) is 6.07 Å². The molecule has 0 aliphatic carbocycles. The highest BCUT2D eigenvalue weighted by Gasteiger charge is 2.27. The van der Waals surface area contributed by atoms with Gasteiger partial charge >= 0.3 is 0 Å². The van der Waals surface area contributed by atoms with Crippen LogP contribution in [0, 0.1) is 5.82 Å². The Morgan fingerprint density at radius 3 is 2.38 bits per heavy atom. The van der Waals surface area contributed by atoms with Crippen LogP contribution in [-0.4, -0.2) is 89.6 Å². The molecule has 1 aliphatic heterocycles. The third kappa shape index (κ3) is 7.95. The number of rotatable bonds is 10. The van der Waals surface area contributed by atoms with Gasteiger partial charge in [-0.2, -0.15) is 5.10 Å². The molecule has 3 aromatic rings. The lowest BCUT2D eigenvalue weighted by Gasteiger charge is -2.35. The van der Waals surface area contributed by atoms with Gasteiger partial charge in [-0.05, 0) is 56.7 Å². The Balaban J connectivity index is 0.00000216. The fourth-order valence-electron chi connectivity index (χ4n) is 4.79. The van der Waals surface area contributed by atoms with Crippen molar-refractivity contribution in [1.82, 2.24) is 24.9 Å². The molecule has 2 heterocycles. The smallest absolute Gasteiger partial charge is 0.272 e. The first-order valence-corrected chi connectivity index (χ1v) is 14.1. The van der Waals surface area contributed by atoms with Crippen molar-refractivity contribution in [3.05, 3.63) is 75.5 Å². The highest BCUT2D eigenvalue weighted by Crippen LogP contribution is 2.20. The maximum absolute atomic E-state index is 14.7. The lowest BCUT2D eigenvalue weighted by atomic mass is 10.0. The SMILES string of the molecule is CC.CN(CCCCCN)CC(=O)N1CCN(C(=O)c2cc(Cc3n[nH]c(=O)c4ccccc34)ccc2F)CC1. The molecule has 4 rings (SSSR count). The van der Waals surface area contributed by atoms with Gasteiger partial charge in [0.1, 0.15) is 5.82 Å². The number of carbonyl (C=O) groups excluding carboxylic acids is 2. The molecule has 2 amide bonds. The van der Waals surface area contributed by atoms with Crippen LogP contribution in [0.5, 0.6) is 0 Å². The third-order valence-corrected chi connectivity index (χ3v) is 6.98. The normalized spacial score (nSPS) is 13.3. The van der Waals surface area contributed by atoms with Gasteiger partial charge in [0.15, 0.2) is 0 Å². The van der Waals surface area contributed by atoms with Crippen LogP contribution in [-0.2, 0) is 11.2 Å². The molecule has 3 N–H and O–H groups in total. The van der Waals surface area contributed by atoms with Gasteiger partial charge < -0.3 is 15.5 Å². The van der Waals surface area contributed by atoms with Gasteiger partial charge in [-0.3, -0.25) is 19.3 Å². The van der Waals surface area contributed by atoms with E-state index in [2.05, 4.69) is 10.2 Å². The zero-order valence-electron chi connectivity index (χ0n) is 23.8. The minimum atomic E-state index is -0.590. The van der Waals surface area contributed by atoms with Crippen molar-refractivity contribution < 1.29 is 14.0 Å². The van der Waals surface area contributed by atoms with E-state index < -0.39 is 11.7 Å². The molecule has 216 valence electrons. The Bertz CT molecular complexity index is 1340. The van der Waals surface area contributed by atoms with E-state index in [4.69, 9.17) is 5.73 Å². The predicted molar refractivity (Wildman–Crippen MR) is 156 cm³/mol. The largest absolute Gasteiger partial charge is 0.338 e. The summed E-state index contributed by atoms with van der Waals surface area (Å²) < 4.78 is 14.7. The van der Waals surface area contributed by atoms with Crippen LogP contribution in [0.1, 0.15) is 54.7 Å². The minimum absolute atomic E-state index is 0.00628. The first kappa shape index (κ1) is 30.9. The summed E-state index contributed by atoms with van der Waals surface area (Å²) in [7, 11) is 1.93. The number of halogens is 1. The van der Waals surface area contributed by atoms with E-state index in [0.717, 1.165) is 31.2 Å². The Morgan fingerprint density at radius 2 is 1.68 bits per heavy atom. The molecular weight excluding hydrogens is 511 g/mol. The van der Waals surface area contributed by atoms with Gasteiger partial charge in [-0.15, -0.1) is 0 Å². The molecule has 2 aromatic carbocycles. The quantitative estimate of drug-likeness (QED) is 0.374. The summed E-state index contributed by atoms with van der Waals surface area (Å²) in [6.07, 6.45) is 3.37. The number of aromatic amines is 1. The van der Waals surface area contributed by atoms with E-state index in [1.807, 2.05) is 37.9 Å². The maximum Gasteiger partial charge on any atom is 0.272 e. The van der Waals surface area contributed by atoms with E-state index in [9.17, 15) is 18.8 Å². The Labute approximate surface area is 235 Å². The van der Waals surface area contributed by atoms with Gasteiger partial charge in [0.2, 0.25) is 5.91 Å². The van der Waals surface area contributed by atoms with Crippen LogP contribution < -0.4 is 11.3 Å². The molecule has 0 saturated carbocycles. The first-order valence-electron chi connectivity index (χ1n) is 14.1. The number of hydrogen-bond donors (Lipinski definition) is 2. The number of fused-ring (bicyclic) bond motifs is 1. The summed E-state index contributed by atoms with van der Waals surface area (Å²) in [5.41, 5.74) is 6.60. The molecular formula is C30H41FN6O3. The van der Waals surface area contributed by atoms with Crippen molar-refractivity contribution in [2.45, 2.75) is 39.5 Å². The van der Waals surface area contributed by atoms with Crippen molar-refractivity contribution in [1.29, 1.82) is 0 Å². The number of benzene rings is 2. The van der Waals surface area contributed by atoms with Crippen molar-refractivity contribution in [2.24, 2.45) is 5.73 Å². The topological polar surface area (TPSA) is 116 Å². The number of carbonyl (C=O) groups is 2. The van der Waals surface area contributed by atoms with E-state index >= 15 is 0 Å². The van der Waals surface area contributed by atoms with Crippen LogP contribution in [0.15, 0.2) is 47.3 Å². The molecule has 40 heavy (non-hydrogen) atoms. The van der Waals surface area contributed by atoms with Crippen LogP contribution in [0.4, 0.5) is 4.39 Å². The number of hydrogen-bond acceptors (Lipinski definition) is 6. The van der Waals surface area contributed by atoms with Gasteiger partial charge in [0.05, 0.1) is 23.2 Å². The number of aromatic nitrogens is 2. The summed E-state index contributed by atoms with van der Waals surface area (Å²) in [5.74, 6) is -0.951. The zero-order valence-corrected chi connectivity index (χ0v) is 23.8. The number of likely N-dealkylation sites (N-methyl/N-ethyl adjacent to an activating group) is 1. The fourth-order valence-corrected chi connectivity index (χ4v) is 4.79. The van der Waals surface area contributed by atoms with Crippen LogP contribution in [0.2, 0.25) is 0 Å². The highest BCUT2D eigenvalue weighted by atomic mass is 19.1. The van der Waals surface area contributed by atoms with Gasteiger partial charge in [-0.1, -0.05) is 44.5 Å². The molecule has 1 aliphatic rings. The second-order valence-electron chi connectivity index (χ2n) is 9.80. The van der Waals surface area contributed by atoms with Crippen molar-refractivity contribution >= 4 is 22.6 Å². The van der Waals surface area contributed by atoms with Crippen molar-refractivity contribution in [3.63, 3.8) is 0 Å². The Morgan fingerprint density at radius 1 is 1.00 bits per heavy atom. The monoisotopic (exact) mass is 552 g/mol. The molecule has 0 bridgehead atoms. The lowest BCUT2D eigenvalue weighted by molar-refractivity contribution is -0.133. The number of nitrogens with zero attached hydrogens (tertiary/aromatic N) is 4. The molecule has 1 fully saturated rings. The molecule has 10 heteroatoms. The number of amides is 2. The minimum Gasteiger partial charge on any atom is -0.338 e. The van der Waals surface area contributed by atoms with E-state index in [-0.39, 0.29) is 17.0 Å². The fraction of sp³-hybridized carbons (Fsp3) is 0.467. The highest BCUT2D eigenvalue weighted by molar-refractivity contribution is 5.95. The third-order valence-electron chi connectivity index (χ3n) is 6.98. The molecule has 0 unspecified atom stereocenters. The van der Waals surface area contributed by atoms with Gasteiger partial charge in [-0.25, -0.2) is 9.49 Å². The summed E-state index contributed by atoms with van der Waals surface area (Å²) in [4.78, 5) is 43.4. The molecule has 0 spiro atoms. The second-order valence-corrected chi connectivity index (χ2v) is 9.80. The zero-order chi connectivity index (χ0) is 29.1. The average Bonchev–Trinajstić information content (AvgIpc) is 2.98. The molecule has 1 saturated heterocycles. The first-order chi connectivity index (χ1) is 19.4. The maximum atomic E-state index is 14.7. The standard InChI is InChI=1S/C28H35FN6O3.C2H6/c1-33(12-6-2-5-11-30)19-26(36)34-13-15-35(16-14-34)28(38)23-17-20(9-10-24(23)29)18-25-21-7-3-4-8-22(21)27(37)32-31-25;1-2/h3-4,7-10,17H,2,5-6,11-16,18-19,30H2,1H3,(H,32,37);1-2H3. The molecule has 0 atom stereocenters. The van der Waals surface area contributed by atoms with E-state index in [1.54, 1.807) is 34.1 Å². The number of H-pyrrole nitrogens is 1. The number of nitrogens with one attached hydrogen (secondary N) is 1. The molecule has 0 radical (unpaired) electrons. The van der Waals surface area contributed by atoms with Crippen LogP contribution in [0.3, 0.4) is 0 Å². The molecule has 9 nitrogen and oxygen atoms in total. The van der Waals surface area contributed by atoms with Gasteiger partial charge in [0.25, 0.3) is 11.5 Å².